The average molecular weight is 305 g/mol. The summed E-state index contributed by atoms with van der Waals surface area (Å²) in [4.78, 5) is 8.68. The second-order valence-corrected chi connectivity index (χ2v) is 5.22. The van der Waals surface area contributed by atoms with E-state index in [0.29, 0.717) is 12.0 Å². The normalized spacial score (nSPS) is 15.2. The highest BCUT2D eigenvalue weighted by Crippen LogP contribution is 2.20. The van der Waals surface area contributed by atoms with E-state index < -0.39 is 0 Å². The number of aromatic nitrogens is 2. The molecular formula is C13H13BrN4. The van der Waals surface area contributed by atoms with E-state index in [4.69, 9.17) is 0 Å². The van der Waals surface area contributed by atoms with Crippen molar-refractivity contribution in [2.75, 3.05) is 18.4 Å². The fourth-order valence-corrected chi connectivity index (χ4v) is 2.03. The van der Waals surface area contributed by atoms with E-state index in [2.05, 4.69) is 36.5 Å². The summed E-state index contributed by atoms with van der Waals surface area (Å²) in [6, 6.07) is 8.59. The Morgan fingerprint density at radius 3 is 2.28 bits per heavy atom. The lowest BCUT2D eigenvalue weighted by atomic mass is 10.1. The number of hydrogen-bond acceptors (Lipinski definition) is 4. The van der Waals surface area contributed by atoms with Crippen LogP contribution in [0.3, 0.4) is 0 Å². The van der Waals surface area contributed by atoms with Gasteiger partial charge >= 0.3 is 0 Å². The highest BCUT2D eigenvalue weighted by atomic mass is 79.9. The van der Waals surface area contributed by atoms with Crippen molar-refractivity contribution in [2.24, 2.45) is 0 Å². The number of hydrogen-bond donors (Lipinski definition) is 2. The van der Waals surface area contributed by atoms with E-state index in [1.165, 1.54) is 0 Å². The zero-order valence-electron chi connectivity index (χ0n) is 9.73. The minimum atomic E-state index is 0.462. The molecule has 18 heavy (non-hydrogen) atoms. The maximum Gasteiger partial charge on any atom is 0.222 e. The van der Waals surface area contributed by atoms with Crippen molar-refractivity contribution in [3.05, 3.63) is 41.1 Å². The molecule has 0 unspecified atom stereocenters. The van der Waals surface area contributed by atoms with Gasteiger partial charge in [0.15, 0.2) is 0 Å². The van der Waals surface area contributed by atoms with E-state index in [-0.39, 0.29) is 0 Å². The molecule has 1 aliphatic rings. The van der Waals surface area contributed by atoms with Gasteiger partial charge in [-0.15, -0.1) is 0 Å². The van der Waals surface area contributed by atoms with Gasteiger partial charge in [-0.25, -0.2) is 9.97 Å². The number of nitrogens with zero attached hydrogens (tertiary/aromatic N) is 2. The molecule has 0 aliphatic carbocycles. The highest BCUT2D eigenvalue weighted by Gasteiger charge is 2.16. The van der Waals surface area contributed by atoms with E-state index in [9.17, 15) is 0 Å². The molecule has 3 rings (SSSR count). The maximum absolute atomic E-state index is 4.34. The summed E-state index contributed by atoms with van der Waals surface area (Å²) < 4.78 is 1.07. The smallest absolute Gasteiger partial charge is 0.222 e. The molecule has 0 atom stereocenters. The van der Waals surface area contributed by atoms with Crippen molar-refractivity contribution < 1.29 is 0 Å². The van der Waals surface area contributed by atoms with Crippen LogP contribution in [0.1, 0.15) is 0 Å². The minimum absolute atomic E-state index is 0.462. The number of halogens is 1. The Labute approximate surface area is 114 Å². The van der Waals surface area contributed by atoms with Crippen LogP contribution in [0.4, 0.5) is 5.95 Å². The van der Waals surface area contributed by atoms with Crippen molar-refractivity contribution in [1.82, 2.24) is 15.3 Å². The molecule has 1 fully saturated rings. The largest absolute Gasteiger partial charge is 0.349 e. The van der Waals surface area contributed by atoms with Gasteiger partial charge in [0.05, 0.1) is 6.04 Å². The van der Waals surface area contributed by atoms with E-state index in [0.717, 1.165) is 28.7 Å². The molecule has 1 aromatic carbocycles. The molecule has 1 aliphatic heterocycles. The molecule has 1 aromatic heterocycles. The molecule has 0 radical (unpaired) electrons. The van der Waals surface area contributed by atoms with Crippen molar-refractivity contribution in [1.29, 1.82) is 0 Å². The summed E-state index contributed by atoms with van der Waals surface area (Å²) >= 11 is 3.42. The number of benzene rings is 1. The topological polar surface area (TPSA) is 49.8 Å². The molecule has 1 saturated heterocycles. The second kappa shape index (κ2) is 5.04. The zero-order chi connectivity index (χ0) is 12.4. The first-order chi connectivity index (χ1) is 8.81. The van der Waals surface area contributed by atoms with Gasteiger partial charge in [-0.3, -0.25) is 0 Å². The van der Waals surface area contributed by atoms with E-state index >= 15 is 0 Å². The first kappa shape index (κ1) is 11.6. The lowest BCUT2D eigenvalue weighted by molar-refractivity contribution is 0.470. The second-order valence-electron chi connectivity index (χ2n) is 4.30. The first-order valence-electron chi connectivity index (χ1n) is 5.86. The number of rotatable bonds is 3. The van der Waals surface area contributed by atoms with Crippen molar-refractivity contribution in [2.45, 2.75) is 6.04 Å². The van der Waals surface area contributed by atoms with Gasteiger partial charge in [0.1, 0.15) is 0 Å². The van der Waals surface area contributed by atoms with Crippen molar-refractivity contribution in [3.8, 4) is 11.1 Å². The third-order valence-electron chi connectivity index (χ3n) is 2.94. The maximum atomic E-state index is 4.34. The fourth-order valence-electron chi connectivity index (χ4n) is 1.77. The Morgan fingerprint density at radius 1 is 1.06 bits per heavy atom. The Morgan fingerprint density at radius 2 is 1.72 bits per heavy atom. The van der Waals surface area contributed by atoms with Gasteiger partial charge in [0.2, 0.25) is 5.95 Å². The molecule has 0 spiro atoms. The molecular weight excluding hydrogens is 292 g/mol. The van der Waals surface area contributed by atoms with E-state index in [1.54, 1.807) is 0 Å². The molecule has 4 nitrogen and oxygen atoms in total. The van der Waals surface area contributed by atoms with Gasteiger partial charge < -0.3 is 10.6 Å². The summed E-state index contributed by atoms with van der Waals surface area (Å²) in [6.45, 7) is 1.97. The molecule has 0 saturated carbocycles. The van der Waals surface area contributed by atoms with Crippen LogP contribution >= 0.6 is 15.9 Å². The van der Waals surface area contributed by atoms with Crippen LogP contribution in [0.15, 0.2) is 41.1 Å². The number of anilines is 1. The van der Waals surface area contributed by atoms with E-state index in [1.807, 2.05) is 36.7 Å². The Bertz CT molecular complexity index is 520. The Kier molecular flexibility index (Phi) is 3.25. The molecule has 5 heteroatoms. The van der Waals surface area contributed by atoms with Crippen LogP contribution in [0.25, 0.3) is 11.1 Å². The summed E-state index contributed by atoms with van der Waals surface area (Å²) in [6.07, 6.45) is 3.70. The van der Waals surface area contributed by atoms with Gasteiger partial charge in [-0.1, -0.05) is 28.1 Å². The molecule has 2 heterocycles. The molecule has 2 aromatic rings. The summed E-state index contributed by atoms with van der Waals surface area (Å²) in [5, 5.41) is 6.48. The van der Waals surface area contributed by atoms with Gasteiger partial charge in [0.25, 0.3) is 0 Å². The van der Waals surface area contributed by atoms with Crippen molar-refractivity contribution >= 4 is 21.9 Å². The third kappa shape index (κ3) is 2.52. The summed E-state index contributed by atoms with van der Waals surface area (Å²) in [5.41, 5.74) is 2.15. The molecule has 2 N–H and O–H groups in total. The molecule has 0 amide bonds. The standard InChI is InChI=1S/C13H13BrN4/c14-11-3-1-9(2-4-11)10-5-16-13(17-6-10)18-12-7-15-8-12/h1-6,12,15H,7-8H2,(H,16,17,18). The summed E-state index contributed by atoms with van der Waals surface area (Å²) in [7, 11) is 0. The lowest BCUT2D eigenvalue weighted by Crippen LogP contribution is -2.51. The Hall–Kier alpha value is -1.46. The van der Waals surface area contributed by atoms with Crippen LogP contribution in [0.2, 0.25) is 0 Å². The van der Waals surface area contributed by atoms with Crippen LogP contribution in [-0.4, -0.2) is 29.1 Å². The van der Waals surface area contributed by atoms with Gasteiger partial charge in [-0.05, 0) is 17.7 Å². The SMILES string of the molecule is Brc1ccc(-c2cnc(NC3CNC3)nc2)cc1. The van der Waals surface area contributed by atoms with Crippen molar-refractivity contribution in [3.63, 3.8) is 0 Å². The monoisotopic (exact) mass is 304 g/mol. The average Bonchev–Trinajstić information content (AvgIpc) is 2.36. The van der Waals surface area contributed by atoms with Crippen LogP contribution in [0, 0.1) is 0 Å². The highest BCUT2D eigenvalue weighted by molar-refractivity contribution is 9.10. The number of nitrogens with one attached hydrogen (secondary N) is 2. The quantitative estimate of drug-likeness (QED) is 0.913. The zero-order valence-corrected chi connectivity index (χ0v) is 11.3. The van der Waals surface area contributed by atoms with Crippen LogP contribution in [-0.2, 0) is 0 Å². The predicted molar refractivity (Wildman–Crippen MR) is 75.4 cm³/mol. The van der Waals surface area contributed by atoms with Crippen LogP contribution in [0.5, 0.6) is 0 Å². The minimum Gasteiger partial charge on any atom is -0.349 e. The predicted octanol–water partition coefficient (Wildman–Crippen LogP) is 2.29. The Balaban J connectivity index is 1.75. The molecule has 0 bridgehead atoms. The summed E-state index contributed by atoms with van der Waals surface area (Å²) in [5.74, 6) is 0.697. The fraction of sp³-hybridized carbons (Fsp3) is 0.231. The van der Waals surface area contributed by atoms with Gasteiger partial charge in [0, 0.05) is 35.5 Å². The van der Waals surface area contributed by atoms with Crippen LogP contribution < -0.4 is 10.6 Å². The van der Waals surface area contributed by atoms with Gasteiger partial charge in [-0.2, -0.15) is 0 Å². The lowest BCUT2D eigenvalue weighted by Gasteiger charge is -2.27. The third-order valence-corrected chi connectivity index (χ3v) is 3.47. The molecule has 92 valence electrons. The first-order valence-corrected chi connectivity index (χ1v) is 6.66.